The van der Waals surface area contributed by atoms with Gasteiger partial charge >= 0.3 is 0 Å². The van der Waals surface area contributed by atoms with E-state index >= 15 is 0 Å². The van der Waals surface area contributed by atoms with Crippen molar-refractivity contribution in [3.63, 3.8) is 0 Å². The number of aryl methyl sites for hydroxylation is 1. The number of benzene rings is 2. The van der Waals surface area contributed by atoms with Crippen LogP contribution in [0.1, 0.15) is 18.1 Å². The second kappa shape index (κ2) is 12.1. The predicted octanol–water partition coefficient (Wildman–Crippen LogP) is 3.26. The number of hydrogen-bond donors (Lipinski definition) is 1. The van der Waals surface area contributed by atoms with Gasteiger partial charge in [0.25, 0.3) is 5.91 Å². The monoisotopic (exact) mass is 410 g/mol. The maximum absolute atomic E-state index is 11.2. The number of carbonyl (C=O) groups excluding carboxylic acids is 1. The van der Waals surface area contributed by atoms with Crippen LogP contribution in [0.15, 0.2) is 48.0 Å². The van der Waals surface area contributed by atoms with Gasteiger partial charge in [0.1, 0.15) is 30.6 Å². The van der Waals surface area contributed by atoms with Crippen molar-refractivity contribution in [2.45, 2.75) is 13.8 Å². The van der Waals surface area contributed by atoms with Crippen molar-refractivity contribution in [1.82, 2.24) is 0 Å². The first-order chi connectivity index (χ1) is 14.5. The zero-order valence-electron chi connectivity index (χ0n) is 17.2. The highest BCUT2D eigenvalue weighted by Gasteiger charge is 2.08. The van der Waals surface area contributed by atoms with Crippen LogP contribution in [-0.4, -0.2) is 38.9 Å². The van der Waals surface area contributed by atoms with Gasteiger partial charge < -0.3 is 24.7 Å². The second-order valence-electron chi connectivity index (χ2n) is 6.30. The third kappa shape index (κ3) is 7.49. The summed E-state index contributed by atoms with van der Waals surface area (Å²) in [6, 6.07) is 14.7. The predicted molar refractivity (Wildman–Crippen MR) is 113 cm³/mol. The summed E-state index contributed by atoms with van der Waals surface area (Å²) >= 11 is 0. The Hall–Kier alpha value is -3.50. The van der Waals surface area contributed by atoms with Gasteiger partial charge in [0, 0.05) is 0 Å². The van der Waals surface area contributed by atoms with Crippen molar-refractivity contribution >= 4 is 12.0 Å². The van der Waals surface area contributed by atoms with Crippen molar-refractivity contribution in [1.29, 1.82) is 5.26 Å². The Morgan fingerprint density at radius 3 is 2.33 bits per heavy atom. The Bertz CT molecular complexity index is 901. The molecule has 0 heterocycles. The van der Waals surface area contributed by atoms with Gasteiger partial charge in [-0.05, 0) is 49.8 Å². The number of carbonyl (C=O) groups is 1. The molecule has 2 aromatic rings. The van der Waals surface area contributed by atoms with Crippen LogP contribution in [-0.2, 0) is 9.53 Å². The maximum Gasteiger partial charge on any atom is 0.259 e. The lowest BCUT2D eigenvalue weighted by Crippen LogP contribution is -2.13. The molecule has 2 rings (SSSR count). The number of hydrogen-bond acceptors (Lipinski definition) is 6. The van der Waals surface area contributed by atoms with Gasteiger partial charge in [0.15, 0.2) is 11.5 Å². The first-order valence-corrected chi connectivity index (χ1v) is 9.62. The first kappa shape index (κ1) is 22.8. The minimum absolute atomic E-state index is 0.132. The fraction of sp³-hybridized carbons (Fsp3) is 0.304. The van der Waals surface area contributed by atoms with E-state index in [4.69, 9.17) is 29.9 Å². The smallest absolute Gasteiger partial charge is 0.259 e. The van der Waals surface area contributed by atoms with Gasteiger partial charge in [-0.1, -0.05) is 23.8 Å². The molecule has 0 radical (unpaired) electrons. The molecule has 2 N–H and O–H groups in total. The van der Waals surface area contributed by atoms with E-state index in [9.17, 15) is 4.79 Å². The van der Waals surface area contributed by atoms with E-state index in [1.54, 1.807) is 24.3 Å². The number of nitrogens with two attached hydrogens (primary N) is 1. The van der Waals surface area contributed by atoms with E-state index in [2.05, 4.69) is 0 Å². The van der Waals surface area contributed by atoms with Crippen molar-refractivity contribution < 1.29 is 23.7 Å². The lowest BCUT2D eigenvalue weighted by atomic mass is 10.1. The van der Waals surface area contributed by atoms with E-state index in [0.717, 1.165) is 5.75 Å². The van der Waals surface area contributed by atoms with Crippen LogP contribution in [0.2, 0.25) is 0 Å². The van der Waals surface area contributed by atoms with Crippen molar-refractivity contribution in [2.24, 2.45) is 5.73 Å². The molecule has 0 aliphatic heterocycles. The molecule has 0 bridgehead atoms. The Kier molecular flexibility index (Phi) is 9.22. The molecular weight excluding hydrogens is 384 g/mol. The highest BCUT2D eigenvalue weighted by Crippen LogP contribution is 2.29. The molecule has 7 nitrogen and oxygen atoms in total. The summed E-state index contributed by atoms with van der Waals surface area (Å²) in [5, 5.41) is 8.97. The normalized spacial score (nSPS) is 10.9. The topological polar surface area (TPSA) is 104 Å². The molecular formula is C23H26N2O5. The summed E-state index contributed by atoms with van der Waals surface area (Å²) in [6.07, 6.45) is 1.41. The van der Waals surface area contributed by atoms with E-state index < -0.39 is 5.91 Å². The minimum atomic E-state index is -0.778. The molecule has 7 heteroatoms. The number of ether oxygens (including phenoxy) is 4. The molecule has 0 unspecified atom stereocenters. The Morgan fingerprint density at radius 1 is 1.00 bits per heavy atom. The molecule has 0 atom stereocenters. The fourth-order valence-corrected chi connectivity index (χ4v) is 2.49. The zero-order chi connectivity index (χ0) is 21.8. The molecule has 0 spiro atoms. The summed E-state index contributed by atoms with van der Waals surface area (Å²) in [4.78, 5) is 11.2. The molecule has 0 fully saturated rings. The van der Waals surface area contributed by atoms with Gasteiger partial charge in [-0.25, -0.2) is 0 Å². The molecule has 0 saturated carbocycles. The van der Waals surface area contributed by atoms with E-state index in [-0.39, 0.29) is 5.57 Å². The Morgan fingerprint density at radius 2 is 1.70 bits per heavy atom. The van der Waals surface area contributed by atoms with Gasteiger partial charge in [-0.3, -0.25) is 4.79 Å². The molecule has 1 amide bonds. The zero-order valence-corrected chi connectivity index (χ0v) is 17.2. The van der Waals surface area contributed by atoms with Crippen LogP contribution < -0.4 is 19.9 Å². The van der Waals surface area contributed by atoms with Gasteiger partial charge in [0.05, 0.1) is 19.8 Å². The van der Waals surface area contributed by atoms with E-state index in [1.807, 2.05) is 38.1 Å². The molecule has 0 aliphatic rings. The van der Waals surface area contributed by atoms with Gasteiger partial charge in [0.2, 0.25) is 0 Å². The Labute approximate surface area is 176 Å². The first-order valence-electron chi connectivity index (χ1n) is 9.62. The van der Waals surface area contributed by atoms with Crippen molar-refractivity contribution in [3.8, 4) is 23.3 Å². The lowest BCUT2D eigenvalue weighted by Gasteiger charge is -2.13. The summed E-state index contributed by atoms with van der Waals surface area (Å²) in [5.41, 5.74) is 6.84. The summed E-state index contributed by atoms with van der Waals surface area (Å²) in [7, 11) is 0. The third-order valence-electron chi connectivity index (χ3n) is 3.97. The lowest BCUT2D eigenvalue weighted by molar-refractivity contribution is -0.114. The summed E-state index contributed by atoms with van der Waals surface area (Å²) in [5.74, 6) is 1.09. The number of primary amides is 1. The average Bonchev–Trinajstić information content (AvgIpc) is 2.73. The van der Waals surface area contributed by atoms with Crippen LogP contribution in [0, 0.1) is 18.3 Å². The van der Waals surface area contributed by atoms with E-state index in [1.165, 1.54) is 11.6 Å². The van der Waals surface area contributed by atoms with Crippen LogP contribution in [0.3, 0.4) is 0 Å². The summed E-state index contributed by atoms with van der Waals surface area (Å²) < 4.78 is 22.5. The number of rotatable bonds is 12. The minimum Gasteiger partial charge on any atom is -0.491 e. The fourth-order valence-electron chi connectivity index (χ4n) is 2.49. The Balaban J connectivity index is 1.80. The third-order valence-corrected chi connectivity index (χ3v) is 3.97. The molecule has 30 heavy (non-hydrogen) atoms. The van der Waals surface area contributed by atoms with Gasteiger partial charge in [-0.2, -0.15) is 5.26 Å². The van der Waals surface area contributed by atoms with Crippen LogP contribution >= 0.6 is 0 Å². The van der Waals surface area contributed by atoms with Crippen molar-refractivity contribution in [2.75, 3.05) is 33.0 Å². The van der Waals surface area contributed by atoms with Crippen LogP contribution in [0.5, 0.6) is 17.2 Å². The SMILES string of the molecule is CCOc1cc(/C=C(\C#N)C(N)=O)ccc1OCCOCCOc1ccc(C)cc1. The number of nitriles is 1. The van der Waals surface area contributed by atoms with E-state index in [0.29, 0.717) is 50.1 Å². The number of nitrogens with zero attached hydrogens (tertiary/aromatic N) is 1. The van der Waals surface area contributed by atoms with Crippen LogP contribution in [0.25, 0.3) is 6.08 Å². The van der Waals surface area contributed by atoms with Gasteiger partial charge in [-0.15, -0.1) is 0 Å². The highest BCUT2D eigenvalue weighted by atomic mass is 16.6. The quantitative estimate of drug-likeness (QED) is 0.327. The van der Waals surface area contributed by atoms with Crippen molar-refractivity contribution in [3.05, 3.63) is 59.2 Å². The average molecular weight is 410 g/mol. The largest absolute Gasteiger partial charge is 0.491 e. The standard InChI is InChI=1S/C23H26N2O5/c1-3-28-22-15-18(14-19(16-24)23(25)26)6-9-21(22)30-13-11-27-10-12-29-20-7-4-17(2)5-8-20/h4-9,14-15H,3,10-13H2,1-2H3,(H2,25,26)/b19-14+. The second-order valence-corrected chi connectivity index (χ2v) is 6.30. The van der Waals surface area contributed by atoms with Crippen LogP contribution in [0.4, 0.5) is 0 Å². The highest BCUT2D eigenvalue weighted by molar-refractivity contribution is 6.00. The molecule has 0 aromatic heterocycles. The molecule has 0 aliphatic carbocycles. The molecule has 158 valence electrons. The number of amides is 1. The summed E-state index contributed by atoms with van der Waals surface area (Å²) in [6.45, 7) is 5.96. The maximum atomic E-state index is 11.2. The molecule has 2 aromatic carbocycles. The molecule has 0 saturated heterocycles.